The van der Waals surface area contributed by atoms with Gasteiger partial charge in [0, 0.05) is 32.4 Å². The molecule has 1 fully saturated rings. The van der Waals surface area contributed by atoms with Crippen molar-refractivity contribution in [1.82, 2.24) is 4.90 Å². The number of methoxy groups -OCH3 is 1. The molecule has 100 valence electrons. The summed E-state index contributed by atoms with van der Waals surface area (Å²) in [5.41, 5.74) is 0.969. The fourth-order valence-electron chi connectivity index (χ4n) is 2.25. The van der Waals surface area contributed by atoms with Gasteiger partial charge in [-0.25, -0.2) is 0 Å². The van der Waals surface area contributed by atoms with E-state index in [1.54, 1.807) is 7.11 Å². The maximum atomic E-state index is 12.4. The van der Waals surface area contributed by atoms with Crippen LogP contribution in [0.25, 0.3) is 0 Å². The van der Waals surface area contributed by atoms with Crippen molar-refractivity contribution in [3.8, 4) is 0 Å². The molecule has 1 saturated heterocycles. The summed E-state index contributed by atoms with van der Waals surface area (Å²) in [4.78, 5) is 15.0. The predicted octanol–water partition coefficient (Wildman–Crippen LogP) is 1.74. The SMILES string of the molecule is COCc1ccsc1C(=O)N1CCC(CO)CC1. The number of amides is 1. The molecule has 0 aromatic carbocycles. The number of likely N-dealkylation sites (tertiary alicyclic amines) is 1. The molecule has 1 aromatic heterocycles. The molecule has 1 aliphatic heterocycles. The molecule has 5 heteroatoms. The predicted molar refractivity (Wildman–Crippen MR) is 70.7 cm³/mol. The monoisotopic (exact) mass is 269 g/mol. The molecule has 0 radical (unpaired) electrons. The molecule has 0 saturated carbocycles. The molecule has 1 N–H and O–H groups in total. The van der Waals surface area contributed by atoms with Crippen molar-refractivity contribution in [3.63, 3.8) is 0 Å². The second kappa shape index (κ2) is 6.31. The number of aliphatic hydroxyl groups is 1. The summed E-state index contributed by atoms with van der Waals surface area (Å²) in [6, 6.07) is 1.95. The number of piperidine rings is 1. The summed E-state index contributed by atoms with van der Waals surface area (Å²) in [7, 11) is 1.64. The van der Waals surface area contributed by atoms with E-state index in [2.05, 4.69) is 0 Å². The molecule has 1 aliphatic rings. The van der Waals surface area contributed by atoms with Gasteiger partial charge in [-0.2, -0.15) is 0 Å². The first-order chi connectivity index (χ1) is 8.76. The summed E-state index contributed by atoms with van der Waals surface area (Å²) < 4.78 is 5.10. The molecule has 0 atom stereocenters. The largest absolute Gasteiger partial charge is 0.396 e. The molecule has 2 rings (SSSR count). The van der Waals surface area contributed by atoms with Gasteiger partial charge in [0.05, 0.1) is 11.5 Å². The lowest BCUT2D eigenvalue weighted by Gasteiger charge is -2.31. The van der Waals surface area contributed by atoms with Crippen molar-refractivity contribution in [1.29, 1.82) is 0 Å². The van der Waals surface area contributed by atoms with Crippen LogP contribution in [0.1, 0.15) is 28.1 Å². The van der Waals surface area contributed by atoms with Crippen LogP contribution in [0.5, 0.6) is 0 Å². The Kier molecular flexibility index (Phi) is 4.74. The number of thiophene rings is 1. The Morgan fingerprint density at radius 1 is 1.56 bits per heavy atom. The van der Waals surface area contributed by atoms with Crippen molar-refractivity contribution >= 4 is 17.2 Å². The van der Waals surface area contributed by atoms with Crippen LogP contribution in [0, 0.1) is 5.92 Å². The lowest BCUT2D eigenvalue weighted by atomic mass is 9.98. The Morgan fingerprint density at radius 2 is 2.28 bits per heavy atom. The lowest BCUT2D eigenvalue weighted by molar-refractivity contribution is 0.0651. The van der Waals surface area contributed by atoms with Gasteiger partial charge in [0.1, 0.15) is 0 Å². The first-order valence-electron chi connectivity index (χ1n) is 6.21. The summed E-state index contributed by atoms with van der Waals surface area (Å²) >= 11 is 1.48. The average molecular weight is 269 g/mol. The lowest BCUT2D eigenvalue weighted by Crippen LogP contribution is -2.39. The normalized spacial score (nSPS) is 17.1. The number of hydrogen-bond donors (Lipinski definition) is 1. The zero-order chi connectivity index (χ0) is 13.0. The maximum Gasteiger partial charge on any atom is 0.264 e. The van der Waals surface area contributed by atoms with Gasteiger partial charge in [0.25, 0.3) is 5.91 Å². The van der Waals surface area contributed by atoms with Crippen LogP contribution in [-0.4, -0.2) is 42.7 Å². The highest BCUT2D eigenvalue weighted by molar-refractivity contribution is 7.12. The highest BCUT2D eigenvalue weighted by Gasteiger charge is 2.25. The minimum atomic E-state index is 0.105. The van der Waals surface area contributed by atoms with Crippen LogP contribution in [-0.2, 0) is 11.3 Å². The topological polar surface area (TPSA) is 49.8 Å². The average Bonchev–Trinajstić information content (AvgIpc) is 2.87. The van der Waals surface area contributed by atoms with Crippen LogP contribution in [0.4, 0.5) is 0 Å². The Labute approximate surface area is 111 Å². The van der Waals surface area contributed by atoms with Crippen molar-refractivity contribution in [2.45, 2.75) is 19.4 Å². The summed E-state index contributed by atoms with van der Waals surface area (Å²) in [5, 5.41) is 11.0. The maximum absolute atomic E-state index is 12.4. The summed E-state index contributed by atoms with van der Waals surface area (Å²) in [6.45, 7) is 2.20. The van der Waals surface area contributed by atoms with Crippen LogP contribution in [0.3, 0.4) is 0 Å². The number of carbonyl (C=O) groups excluding carboxylic acids is 1. The highest BCUT2D eigenvalue weighted by atomic mass is 32.1. The van der Waals surface area contributed by atoms with Gasteiger partial charge in [-0.15, -0.1) is 11.3 Å². The zero-order valence-electron chi connectivity index (χ0n) is 10.6. The van der Waals surface area contributed by atoms with E-state index < -0.39 is 0 Å². The van der Waals surface area contributed by atoms with Crippen molar-refractivity contribution in [2.75, 3.05) is 26.8 Å². The standard InChI is InChI=1S/C13H19NO3S/c1-17-9-11-4-7-18-12(11)13(16)14-5-2-10(8-15)3-6-14/h4,7,10,15H,2-3,5-6,8-9H2,1H3. The molecule has 18 heavy (non-hydrogen) atoms. The van der Waals surface area contributed by atoms with E-state index in [-0.39, 0.29) is 12.5 Å². The second-order valence-corrected chi connectivity index (χ2v) is 5.54. The van der Waals surface area contributed by atoms with Gasteiger partial charge in [0.2, 0.25) is 0 Å². The third-order valence-electron chi connectivity index (χ3n) is 3.40. The van der Waals surface area contributed by atoms with E-state index in [0.29, 0.717) is 12.5 Å². The van der Waals surface area contributed by atoms with Crippen LogP contribution >= 0.6 is 11.3 Å². The number of carbonyl (C=O) groups is 1. The van der Waals surface area contributed by atoms with E-state index in [4.69, 9.17) is 9.84 Å². The number of nitrogens with zero attached hydrogens (tertiary/aromatic N) is 1. The molecule has 0 aliphatic carbocycles. The van der Waals surface area contributed by atoms with Gasteiger partial charge in [-0.05, 0) is 30.2 Å². The van der Waals surface area contributed by atoms with Gasteiger partial charge in [-0.1, -0.05) is 0 Å². The minimum Gasteiger partial charge on any atom is -0.396 e. The first kappa shape index (κ1) is 13.5. The van der Waals surface area contributed by atoms with E-state index in [0.717, 1.165) is 36.4 Å². The molecule has 4 nitrogen and oxygen atoms in total. The molecule has 1 aromatic rings. The van der Waals surface area contributed by atoms with E-state index >= 15 is 0 Å². The Morgan fingerprint density at radius 3 is 2.89 bits per heavy atom. The Bertz CT molecular complexity index is 397. The van der Waals surface area contributed by atoms with E-state index in [1.807, 2.05) is 16.3 Å². The van der Waals surface area contributed by atoms with Crippen LogP contribution < -0.4 is 0 Å². The summed E-state index contributed by atoms with van der Waals surface area (Å²) in [5.74, 6) is 0.462. The molecular weight excluding hydrogens is 250 g/mol. The van der Waals surface area contributed by atoms with Crippen LogP contribution in [0.2, 0.25) is 0 Å². The highest BCUT2D eigenvalue weighted by Crippen LogP contribution is 2.23. The fourth-order valence-corrected chi connectivity index (χ4v) is 3.13. The molecular formula is C13H19NO3S. The number of rotatable bonds is 4. The molecule has 0 unspecified atom stereocenters. The molecule has 1 amide bonds. The second-order valence-electron chi connectivity index (χ2n) is 4.63. The fraction of sp³-hybridized carbons (Fsp3) is 0.615. The first-order valence-corrected chi connectivity index (χ1v) is 7.09. The Balaban J connectivity index is 2.01. The van der Waals surface area contributed by atoms with Gasteiger partial charge in [0.15, 0.2) is 0 Å². The summed E-state index contributed by atoms with van der Waals surface area (Å²) in [6.07, 6.45) is 1.79. The third kappa shape index (κ3) is 2.91. The zero-order valence-corrected chi connectivity index (χ0v) is 11.4. The Hall–Kier alpha value is -0.910. The van der Waals surface area contributed by atoms with Crippen molar-refractivity contribution < 1.29 is 14.6 Å². The van der Waals surface area contributed by atoms with Gasteiger partial charge in [-0.3, -0.25) is 4.79 Å². The molecule has 0 bridgehead atoms. The van der Waals surface area contributed by atoms with Crippen molar-refractivity contribution in [2.24, 2.45) is 5.92 Å². The molecule has 0 spiro atoms. The van der Waals surface area contributed by atoms with Gasteiger partial charge >= 0.3 is 0 Å². The quantitative estimate of drug-likeness (QED) is 0.906. The van der Waals surface area contributed by atoms with E-state index in [9.17, 15) is 4.79 Å². The van der Waals surface area contributed by atoms with E-state index in [1.165, 1.54) is 11.3 Å². The smallest absolute Gasteiger partial charge is 0.264 e. The van der Waals surface area contributed by atoms with Crippen molar-refractivity contribution in [3.05, 3.63) is 21.9 Å². The van der Waals surface area contributed by atoms with Gasteiger partial charge < -0.3 is 14.7 Å². The minimum absolute atomic E-state index is 0.105. The number of ether oxygens (including phenoxy) is 1. The number of hydrogen-bond acceptors (Lipinski definition) is 4. The third-order valence-corrected chi connectivity index (χ3v) is 4.35. The van der Waals surface area contributed by atoms with Crippen LogP contribution in [0.15, 0.2) is 11.4 Å². The molecule has 2 heterocycles. The number of aliphatic hydroxyl groups excluding tert-OH is 1.